The number of aryl methyl sites for hydroxylation is 1. The number of hydrogen-bond acceptors (Lipinski definition) is 5. The highest BCUT2D eigenvalue weighted by Gasteiger charge is 2.44. The van der Waals surface area contributed by atoms with Crippen molar-refractivity contribution >= 4 is 27.5 Å². The largest absolute Gasteiger partial charge is 0.486 e. The molecule has 4 aromatic rings. The fourth-order valence-electron chi connectivity index (χ4n) is 4.86. The van der Waals surface area contributed by atoms with Crippen LogP contribution in [0.5, 0.6) is 17.2 Å². The maximum absolute atomic E-state index is 14.9. The van der Waals surface area contributed by atoms with E-state index in [1.54, 1.807) is 17.4 Å². The molecule has 1 heterocycles. The van der Waals surface area contributed by atoms with Crippen molar-refractivity contribution < 1.29 is 23.8 Å². The first-order valence-corrected chi connectivity index (χ1v) is 12.1. The number of rotatable bonds is 6. The smallest absolute Gasteiger partial charge is 0.307 e. The van der Waals surface area contributed by atoms with Crippen LogP contribution in [-0.2, 0) is 11.2 Å². The molecular weight excluding hydrogens is 453 g/mol. The third-order valence-electron chi connectivity index (χ3n) is 6.63. The fraction of sp³-hybridized carbons (Fsp3) is 0.259. The van der Waals surface area contributed by atoms with Crippen molar-refractivity contribution in [2.24, 2.45) is 5.92 Å². The van der Waals surface area contributed by atoms with Crippen LogP contribution in [-0.4, -0.2) is 16.1 Å². The molecule has 172 valence electrons. The Hall–Kier alpha value is -3.45. The topological polar surface area (TPSA) is 68.7 Å². The van der Waals surface area contributed by atoms with E-state index in [-0.39, 0.29) is 17.7 Å². The summed E-state index contributed by atoms with van der Waals surface area (Å²) in [6.45, 7) is 1.98. The first-order valence-electron chi connectivity index (χ1n) is 11.3. The van der Waals surface area contributed by atoms with Gasteiger partial charge in [-0.25, -0.2) is 9.37 Å². The van der Waals surface area contributed by atoms with Gasteiger partial charge in [-0.15, -0.1) is 11.3 Å². The van der Waals surface area contributed by atoms with Gasteiger partial charge in [0.05, 0.1) is 21.1 Å². The molecule has 5 nitrogen and oxygen atoms in total. The van der Waals surface area contributed by atoms with Gasteiger partial charge in [-0.1, -0.05) is 12.1 Å². The van der Waals surface area contributed by atoms with Crippen LogP contribution in [0.4, 0.5) is 4.39 Å². The summed E-state index contributed by atoms with van der Waals surface area (Å²) >= 11 is 1.61. The third-order valence-corrected chi connectivity index (χ3v) is 7.56. The second-order valence-electron chi connectivity index (χ2n) is 8.90. The molecule has 0 spiro atoms. The van der Waals surface area contributed by atoms with E-state index in [4.69, 9.17) is 14.6 Å². The van der Waals surface area contributed by atoms with Gasteiger partial charge in [0.15, 0.2) is 0 Å². The summed E-state index contributed by atoms with van der Waals surface area (Å²) < 4.78 is 28.3. The molecule has 1 aromatic heterocycles. The van der Waals surface area contributed by atoms with Crippen LogP contribution < -0.4 is 9.47 Å². The van der Waals surface area contributed by atoms with Gasteiger partial charge < -0.3 is 14.6 Å². The average molecular weight is 476 g/mol. The lowest BCUT2D eigenvalue weighted by Crippen LogP contribution is -2.06. The molecule has 2 aliphatic rings. The number of benzene rings is 3. The molecule has 0 radical (unpaired) electrons. The summed E-state index contributed by atoms with van der Waals surface area (Å²) in [5.74, 6) is 0.731. The van der Waals surface area contributed by atoms with Crippen molar-refractivity contribution in [3.63, 3.8) is 0 Å². The number of thiazole rings is 1. The molecule has 0 amide bonds. The van der Waals surface area contributed by atoms with E-state index >= 15 is 0 Å². The van der Waals surface area contributed by atoms with E-state index in [0.29, 0.717) is 42.1 Å². The van der Waals surface area contributed by atoms with E-state index in [2.05, 4.69) is 4.98 Å². The van der Waals surface area contributed by atoms with Gasteiger partial charge in [0.2, 0.25) is 0 Å². The normalized spacial score (nSPS) is 20.8. The molecule has 2 aliphatic carbocycles. The van der Waals surface area contributed by atoms with Gasteiger partial charge in [-0.2, -0.15) is 0 Å². The SMILES string of the molecule is Cc1nc2ccc(Oc3ccc(F)c4c3CCC4Oc3ccc(C4CC4C(=O)O)cc3)cc2s1. The Morgan fingerprint density at radius 3 is 2.68 bits per heavy atom. The second-order valence-corrected chi connectivity index (χ2v) is 10.1. The number of aromatic nitrogens is 1. The third kappa shape index (κ3) is 3.80. The molecule has 3 unspecified atom stereocenters. The van der Waals surface area contributed by atoms with Gasteiger partial charge >= 0.3 is 5.97 Å². The van der Waals surface area contributed by atoms with Crippen molar-refractivity contribution in [2.75, 3.05) is 0 Å². The minimum absolute atomic E-state index is 0.0732. The van der Waals surface area contributed by atoms with Crippen LogP contribution in [0.1, 0.15) is 46.6 Å². The zero-order valence-corrected chi connectivity index (χ0v) is 19.3. The summed E-state index contributed by atoms with van der Waals surface area (Å²) in [5.41, 5.74) is 3.33. The Kier molecular flexibility index (Phi) is 5.03. The highest BCUT2D eigenvalue weighted by molar-refractivity contribution is 7.18. The summed E-state index contributed by atoms with van der Waals surface area (Å²) in [6, 6.07) is 16.4. The quantitative estimate of drug-likeness (QED) is 0.332. The molecule has 3 aromatic carbocycles. The van der Waals surface area contributed by atoms with E-state index in [1.165, 1.54) is 6.07 Å². The van der Waals surface area contributed by atoms with E-state index < -0.39 is 12.1 Å². The molecule has 6 rings (SSSR count). The highest BCUT2D eigenvalue weighted by atomic mass is 32.1. The number of carboxylic acid groups (broad SMARTS) is 1. The van der Waals surface area contributed by atoms with Gasteiger partial charge in [0, 0.05) is 17.2 Å². The molecule has 3 atom stereocenters. The Morgan fingerprint density at radius 1 is 1.12 bits per heavy atom. The Balaban J connectivity index is 1.21. The predicted octanol–water partition coefficient (Wildman–Crippen LogP) is 6.79. The molecular formula is C27H22FNO4S. The minimum Gasteiger partial charge on any atom is -0.486 e. The van der Waals surface area contributed by atoms with E-state index in [1.807, 2.05) is 49.4 Å². The zero-order chi connectivity index (χ0) is 23.4. The fourth-order valence-corrected chi connectivity index (χ4v) is 5.72. The van der Waals surface area contributed by atoms with Crippen molar-refractivity contribution in [1.82, 2.24) is 4.98 Å². The minimum atomic E-state index is -0.747. The number of ether oxygens (including phenoxy) is 2. The number of aliphatic carboxylic acids is 1. The Bertz CT molecular complexity index is 1410. The van der Waals surface area contributed by atoms with Gasteiger partial charge in [-0.3, -0.25) is 4.79 Å². The van der Waals surface area contributed by atoms with E-state index in [0.717, 1.165) is 26.4 Å². The Labute approximate surface area is 199 Å². The van der Waals surface area contributed by atoms with Crippen LogP contribution in [0, 0.1) is 18.7 Å². The molecule has 7 heteroatoms. The lowest BCUT2D eigenvalue weighted by atomic mass is 10.1. The Morgan fingerprint density at radius 2 is 1.91 bits per heavy atom. The number of carboxylic acids is 1. The molecule has 34 heavy (non-hydrogen) atoms. The molecule has 0 aliphatic heterocycles. The summed E-state index contributed by atoms with van der Waals surface area (Å²) in [4.78, 5) is 15.6. The molecule has 0 bridgehead atoms. The molecule has 1 saturated carbocycles. The highest BCUT2D eigenvalue weighted by Crippen LogP contribution is 2.48. The average Bonchev–Trinajstić information content (AvgIpc) is 3.38. The molecule has 1 N–H and O–H groups in total. The second kappa shape index (κ2) is 8.09. The maximum atomic E-state index is 14.9. The molecule has 0 saturated heterocycles. The van der Waals surface area contributed by atoms with Crippen LogP contribution in [0.2, 0.25) is 0 Å². The summed E-state index contributed by atoms with van der Waals surface area (Å²) in [7, 11) is 0. The van der Waals surface area contributed by atoms with Crippen molar-refractivity contribution in [3.8, 4) is 17.2 Å². The summed E-state index contributed by atoms with van der Waals surface area (Å²) in [5, 5.41) is 10.1. The number of hydrogen-bond donors (Lipinski definition) is 1. The standard InChI is InChI=1S/C27H22FNO4S/c1-14-29-22-9-6-17(12-25(22)34-14)33-23-11-8-21(28)26-18(23)7-10-24(26)32-16-4-2-15(3-5-16)19-13-20(19)27(30)31/h2-6,8-9,11-12,19-20,24H,7,10,13H2,1H3,(H,30,31). The number of nitrogens with zero attached hydrogens (tertiary/aromatic N) is 1. The lowest BCUT2D eigenvalue weighted by Gasteiger charge is -2.17. The van der Waals surface area contributed by atoms with Crippen LogP contribution in [0.3, 0.4) is 0 Å². The van der Waals surface area contributed by atoms with Gasteiger partial charge in [0.25, 0.3) is 0 Å². The lowest BCUT2D eigenvalue weighted by molar-refractivity contribution is -0.138. The monoisotopic (exact) mass is 475 g/mol. The first-order chi connectivity index (χ1) is 16.5. The van der Waals surface area contributed by atoms with Crippen molar-refractivity contribution in [3.05, 3.63) is 82.1 Å². The van der Waals surface area contributed by atoms with Crippen molar-refractivity contribution in [2.45, 2.75) is 38.2 Å². The van der Waals surface area contributed by atoms with Crippen LogP contribution in [0.15, 0.2) is 54.6 Å². The van der Waals surface area contributed by atoms with Crippen molar-refractivity contribution in [1.29, 1.82) is 0 Å². The van der Waals surface area contributed by atoms with Crippen LogP contribution in [0.25, 0.3) is 10.2 Å². The van der Waals surface area contributed by atoms with E-state index in [9.17, 15) is 9.18 Å². The first kappa shape index (κ1) is 21.1. The number of fused-ring (bicyclic) bond motifs is 2. The van der Waals surface area contributed by atoms with Crippen LogP contribution >= 0.6 is 11.3 Å². The predicted molar refractivity (Wildman–Crippen MR) is 127 cm³/mol. The zero-order valence-electron chi connectivity index (χ0n) is 18.5. The van der Waals surface area contributed by atoms with Gasteiger partial charge in [-0.05, 0) is 74.1 Å². The number of halogens is 1. The summed E-state index contributed by atoms with van der Waals surface area (Å²) in [6.07, 6.45) is 1.60. The van der Waals surface area contributed by atoms with Gasteiger partial charge in [0.1, 0.15) is 29.2 Å². The maximum Gasteiger partial charge on any atom is 0.307 e. The number of carbonyl (C=O) groups is 1. The molecule has 1 fully saturated rings.